The van der Waals surface area contributed by atoms with E-state index in [-0.39, 0.29) is 5.41 Å². The third-order valence-corrected chi connectivity index (χ3v) is 3.94. The van der Waals surface area contributed by atoms with E-state index in [0.717, 1.165) is 31.0 Å². The van der Waals surface area contributed by atoms with Crippen molar-refractivity contribution in [2.45, 2.75) is 60.4 Å². The Morgan fingerprint density at radius 2 is 1.90 bits per heavy atom. The summed E-state index contributed by atoms with van der Waals surface area (Å²) in [6.45, 7) is 14.2. The molecule has 4 heteroatoms. The lowest BCUT2D eigenvalue weighted by molar-refractivity contribution is 0.328. The number of nitrogens with zero attached hydrogens (tertiary/aromatic N) is 3. The van der Waals surface area contributed by atoms with Gasteiger partial charge in [-0.15, -0.1) is 0 Å². The third-order valence-electron chi connectivity index (χ3n) is 3.94. The number of hydrogen-bond donors (Lipinski definition) is 1. The minimum absolute atomic E-state index is 0.210. The minimum atomic E-state index is 0.210. The van der Waals surface area contributed by atoms with E-state index in [9.17, 15) is 0 Å². The molecule has 0 amide bonds. The van der Waals surface area contributed by atoms with Crippen LogP contribution in [-0.4, -0.2) is 29.6 Å². The second kappa shape index (κ2) is 6.91. The van der Waals surface area contributed by atoms with E-state index in [1.54, 1.807) is 6.33 Å². The molecule has 0 saturated carbocycles. The molecular formula is C16H30N4. The lowest BCUT2D eigenvalue weighted by Crippen LogP contribution is -2.40. The predicted octanol–water partition coefficient (Wildman–Crippen LogP) is 3.73. The van der Waals surface area contributed by atoms with Gasteiger partial charge >= 0.3 is 0 Å². The largest absolute Gasteiger partial charge is 0.370 e. The van der Waals surface area contributed by atoms with E-state index in [2.05, 4.69) is 68.8 Å². The van der Waals surface area contributed by atoms with Crippen LogP contribution in [0, 0.1) is 5.41 Å². The first-order valence-corrected chi connectivity index (χ1v) is 7.63. The highest BCUT2D eigenvalue weighted by Crippen LogP contribution is 2.30. The van der Waals surface area contributed by atoms with Gasteiger partial charge in [-0.2, -0.15) is 0 Å². The van der Waals surface area contributed by atoms with E-state index in [1.807, 2.05) is 0 Å². The number of anilines is 2. The van der Waals surface area contributed by atoms with Gasteiger partial charge in [-0.1, -0.05) is 34.1 Å². The van der Waals surface area contributed by atoms with Gasteiger partial charge in [0.1, 0.15) is 18.0 Å². The lowest BCUT2D eigenvalue weighted by Gasteiger charge is -2.37. The molecule has 0 fully saturated rings. The standard InChI is InChI=1S/C16H30N4/c1-8-10-13-14(17-9-2)18-11-19-15(13)20(7)12(3)16(4,5)6/h11-12H,8-10H2,1-7H3,(H,17,18,19). The number of nitrogens with one attached hydrogen (secondary N) is 1. The summed E-state index contributed by atoms with van der Waals surface area (Å²) in [4.78, 5) is 11.2. The number of aromatic nitrogens is 2. The zero-order valence-corrected chi connectivity index (χ0v) is 14.1. The van der Waals surface area contributed by atoms with Gasteiger partial charge < -0.3 is 10.2 Å². The maximum Gasteiger partial charge on any atom is 0.137 e. The van der Waals surface area contributed by atoms with Gasteiger partial charge in [-0.25, -0.2) is 9.97 Å². The first kappa shape index (κ1) is 16.7. The summed E-state index contributed by atoms with van der Waals surface area (Å²) >= 11 is 0. The van der Waals surface area contributed by atoms with Gasteiger partial charge in [-0.05, 0) is 25.7 Å². The van der Waals surface area contributed by atoms with Crippen LogP contribution in [0.25, 0.3) is 0 Å². The number of rotatable bonds is 6. The quantitative estimate of drug-likeness (QED) is 0.861. The van der Waals surface area contributed by atoms with E-state index in [4.69, 9.17) is 0 Å². The first-order chi connectivity index (χ1) is 9.32. The molecule has 0 aliphatic rings. The highest BCUT2D eigenvalue weighted by atomic mass is 15.2. The van der Waals surface area contributed by atoms with Crippen molar-refractivity contribution in [3.63, 3.8) is 0 Å². The second-order valence-electron chi connectivity index (χ2n) is 6.46. The summed E-state index contributed by atoms with van der Waals surface area (Å²) in [7, 11) is 2.13. The van der Waals surface area contributed by atoms with E-state index in [0.29, 0.717) is 6.04 Å². The molecular weight excluding hydrogens is 248 g/mol. The molecule has 0 bridgehead atoms. The fraction of sp³-hybridized carbons (Fsp3) is 0.750. The Balaban J connectivity index is 3.19. The van der Waals surface area contributed by atoms with Gasteiger partial charge in [0.15, 0.2) is 0 Å². The molecule has 1 heterocycles. The third kappa shape index (κ3) is 3.84. The molecule has 0 aromatic carbocycles. The molecule has 20 heavy (non-hydrogen) atoms. The van der Waals surface area contributed by atoms with Crippen LogP contribution in [0.1, 0.15) is 53.5 Å². The summed E-state index contributed by atoms with van der Waals surface area (Å²) in [6.07, 6.45) is 3.76. The Kier molecular flexibility index (Phi) is 5.78. The molecule has 1 N–H and O–H groups in total. The highest BCUT2D eigenvalue weighted by Gasteiger charge is 2.26. The predicted molar refractivity (Wildman–Crippen MR) is 87.5 cm³/mol. The van der Waals surface area contributed by atoms with Crippen molar-refractivity contribution < 1.29 is 0 Å². The van der Waals surface area contributed by atoms with Crippen LogP contribution in [-0.2, 0) is 6.42 Å². The van der Waals surface area contributed by atoms with Crippen molar-refractivity contribution in [2.24, 2.45) is 5.41 Å². The molecule has 4 nitrogen and oxygen atoms in total. The van der Waals surface area contributed by atoms with Crippen molar-refractivity contribution in [1.82, 2.24) is 9.97 Å². The molecule has 0 spiro atoms. The maximum atomic E-state index is 4.55. The highest BCUT2D eigenvalue weighted by molar-refractivity contribution is 5.59. The van der Waals surface area contributed by atoms with Crippen LogP contribution in [0.5, 0.6) is 0 Å². The van der Waals surface area contributed by atoms with Crippen molar-refractivity contribution in [2.75, 3.05) is 23.8 Å². The molecule has 0 saturated heterocycles. The summed E-state index contributed by atoms with van der Waals surface area (Å²) in [5, 5.41) is 3.36. The van der Waals surface area contributed by atoms with Crippen LogP contribution in [0.3, 0.4) is 0 Å². The average Bonchev–Trinajstić information content (AvgIpc) is 2.38. The Labute approximate surface area is 124 Å². The zero-order chi connectivity index (χ0) is 15.3. The van der Waals surface area contributed by atoms with Gasteiger partial charge in [0.25, 0.3) is 0 Å². The summed E-state index contributed by atoms with van der Waals surface area (Å²) in [5.74, 6) is 2.03. The summed E-state index contributed by atoms with van der Waals surface area (Å²) < 4.78 is 0. The first-order valence-electron chi connectivity index (χ1n) is 7.63. The van der Waals surface area contributed by atoms with Gasteiger partial charge in [-0.3, -0.25) is 0 Å². The van der Waals surface area contributed by atoms with E-state index in [1.165, 1.54) is 5.56 Å². The van der Waals surface area contributed by atoms with Crippen LogP contribution in [0.15, 0.2) is 6.33 Å². The molecule has 1 atom stereocenters. The molecule has 1 unspecified atom stereocenters. The smallest absolute Gasteiger partial charge is 0.137 e. The van der Waals surface area contributed by atoms with Gasteiger partial charge in [0.2, 0.25) is 0 Å². The van der Waals surface area contributed by atoms with Crippen molar-refractivity contribution in [1.29, 1.82) is 0 Å². The lowest BCUT2D eigenvalue weighted by atomic mass is 9.87. The number of hydrogen-bond acceptors (Lipinski definition) is 4. The Bertz CT molecular complexity index is 423. The molecule has 0 aliphatic heterocycles. The van der Waals surface area contributed by atoms with Gasteiger partial charge in [0.05, 0.1) is 0 Å². The fourth-order valence-corrected chi connectivity index (χ4v) is 2.27. The Morgan fingerprint density at radius 3 is 2.40 bits per heavy atom. The Morgan fingerprint density at radius 1 is 1.25 bits per heavy atom. The average molecular weight is 278 g/mol. The molecule has 0 aliphatic carbocycles. The molecule has 114 valence electrons. The Hall–Kier alpha value is -1.32. The van der Waals surface area contributed by atoms with Crippen LogP contribution in [0.2, 0.25) is 0 Å². The monoisotopic (exact) mass is 278 g/mol. The normalized spacial score (nSPS) is 13.2. The summed E-state index contributed by atoms with van der Waals surface area (Å²) in [6, 6.07) is 0.405. The molecule has 0 radical (unpaired) electrons. The SMILES string of the molecule is CCCc1c(NCC)ncnc1N(C)C(C)C(C)(C)C. The van der Waals surface area contributed by atoms with Crippen LogP contribution in [0.4, 0.5) is 11.6 Å². The fourth-order valence-electron chi connectivity index (χ4n) is 2.27. The minimum Gasteiger partial charge on any atom is -0.370 e. The summed E-state index contributed by atoms with van der Waals surface area (Å²) in [5.41, 5.74) is 1.44. The second-order valence-corrected chi connectivity index (χ2v) is 6.46. The van der Waals surface area contributed by atoms with E-state index >= 15 is 0 Å². The molecule has 1 aromatic heterocycles. The molecule has 1 aromatic rings. The van der Waals surface area contributed by atoms with Gasteiger partial charge in [0, 0.05) is 25.2 Å². The van der Waals surface area contributed by atoms with E-state index < -0.39 is 0 Å². The maximum absolute atomic E-state index is 4.55. The molecule has 1 rings (SSSR count). The topological polar surface area (TPSA) is 41.1 Å². The zero-order valence-electron chi connectivity index (χ0n) is 14.1. The van der Waals surface area contributed by atoms with Crippen molar-refractivity contribution >= 4 is 11.6 Å². The van der Waals surface area contributed by atoms with Crippen molar-refractivity contribution in [3.05, 3.63) is 11.9 Å². The van der Waals surface area contributed by atoms with Crippen molar-refractivity contribution in [3.8, 4) is 0 Å². The van der Waals surface area contributed by atoms with Crippen LogP contribution < -0.4 is 10.2 Å². The van der Waals surface area contributed by atoms with Crippen LogP contribution >= 0.6 is 0 Å².